The monoisotopic (exact) mass is 313 g/mol. The van der Waals surface area contributed by atoms with Gasteiger partial charge in [0.1, 0.15) is 5.82 Å². The molecule has 1 aliphatic rings. The van der Waals surface area contributed by atoms with Crippen molar-refractivity contribution in [3.8, 4) is 0 Å². The molecule has 0 bridgehead atoms. The second kappa shape index (κ2) is 6.48. The third-order valence-electron chi connectivity index (χ3n) is 3.57. The molecule has 0 spiro atoms. The number of nitrogens with one attached hydrogen (secondary N) is 3. The molecule has 0 saturated carbocycles. The molecule has 2 aromatic rings. The van der Waals surface area contributed by atoms with Crippen LogP contribution in [-0.4, -0.2) is 11.9 Å². The van der Waals surface area contributed by atoms with Crippen molar-refractivity contribution < 1.29 is 14.0 Å². The Kier molecular flexibility index (Phi) is 4.23. The van der Waals surface area contributed by atoms with Gasteiger partial charge in [0.15, 0.2) is 0 Å². The molecule has 118 valence electrons. The van der Waals surface area contributed by atoms with Gasteiger partial charge in [0.05, 0.1) is 0 Å². The van der Waals surface area contributed by atoms with Gasteiger partial charge in [-0.2, -0.15) is 0 Å². The second-order valence-corrected chi connectivity index (χ2v) is 5.36. The topological polar surface area (TPSA) is 70.2 Å². The number of halogens is 1. The Labute approximate surface area is 132 Å². The molecule has 3 amide bonds. The van der Waals surface area contributed by atoms with E-state index < -0.39 is 11.8 Å². The van der Waals surface area contributed by atoms with Crippen molar-refractivity contribution in [3.05, 3.63) is 53.8 Å². The largest absolute Gasteiger partial charge is 0.326 e. The number of benzene rings is 2. The minimum absolute atomic E-state index is 0.00769. The SMILES string of the molecule is O=C1CCCc2cc(NC(=O)Nc3cccc(F)c3)ccc2N1. The second-order valence-electron chi connectivity index (χ2n) is 5.36. The highest BCUT2D eigenvalue weighted by Crippen LogP contribution is 2.25. The predicted octanol–water partition coefficient (Wildman–Crippen LogP) is 3.74. The van der Waals surface area contributed by atoms with E-state index in [-0.39, 0.29) is 5.91 Å². The summed E-state index contributed by atoms with van der Waals surface area (Å²) < 4.78 is 13.1. The Bertz CT molecular complexity index is 761. The van der Waals surface area contributed by atoms with E-state index in [1.54, 1.807) is 18.2 Å². The molecule has 0 saturated heterocycles. The van der Waals surface area contributed by atoms with Gasteiger partial charge in [0, 0.05) is 23.5 Å². The molecule has 3 N–H and O–H groups in total. The zero-order valence-electron chi connectivity index (χ0n) is 12.4. The van der Waals surface area contributed by atoms with Gasteiger partial charge < -0.3 is 16.0 Å². The fourth-order valence-corrected chi connectivity index (χ4v) is 2.51. The van der Waals surface area contributed by atoms with Crippen LogP contribution in [0, 0.1) is 5.82 Å². The number of anilines is 3. The standard InChI is InChI=1S/C17H16FN3O2/c18-12-4-2-5-13(10-12)19-17(23)20-14-7-8-15-11(9-14)3-1-6-16(22)21-15/h2,4-5,7-10H,1,3,6H2,(H,21,22)(H2,19,20,23). The first kappa shape index (κ1) is 15.0. The molecule has 2 aromatic carbocycles. The zero-order chi connectivity index (χ0) is 16.2. The molecule has 0 fully saturated rings. The van der Waals surface area contributed by atoms with E-state index in [0.29, 0.717) is 17.8 Å². The third kappa shape index (κ3) is 3.85. The number of urea groups is 1. The summed E-state index contributed by atoms with van der Waals surface area (Å²) in [5, 5.41) is 8.12. The lowest BCUT2D eigenvalue weighted by Crippen LogP contribution is -2.19. The van der Waals surface area contributed by atoms with Crippen LogP contribution >= 0.6 is 0 Å². The fourth-order valence-electron chi connectivity index (χ4n) is 2.51. The number of carbonyl (C=O) groups excluding carboxylic acids is 2. The summed E-state index contributed by atoms with van der Waals surface area (Å²) in [6.07, 6.45) is 2.05. The number of carbonyl (C=O) groups is 2. The van der Waals surface area contributed by atoms with Crippen molar-refractivity contribution in [3.63, 3.8) is 0 Å². The van der Waals surface area contributed by atoms with Crippen molar-refractivity contribution in [2.45, 2.75) is 19.3 Å². The lowest BCUT2D eigenvalue weighted by Gasteiger charge is -2.11. The van der Waals surface area contributed by atoms with Gasteiger partial charge in [0.2, 0.25) is 5.91 Å². The maximum atomic E-state index is 13.1. The smallest absolute Gasteiger partial charge is 0.323 e. The normalized spacial score (nSPS) is 13.5. The average molecular weight is 313 g/mol. The van der Waals surface area contributed by atoms with Gasteiger partial charge >= 0.3 is 6.03 Å². The molecule has 3 rings (SSSR count). The number of aryl methyl sites for hydroxylation is 1. The summed E-state index contributed by atoms with van der Waals surface area (Å²) >= 11 is 0. The van der Waals surface area contributed by atoms with Crippen molar-refractivity contribution in [1.29, 1.82) is 0 Å². The van der Waals surface area contributed by atoms with Gasteiger partial charge in [-0.25, -0.2) is 9.18 Å². The molecule has 1 aliphatic heterocycles. The number of rotatable bonds is 2. The van der Waals surface area contributed by atoms with Crippen LogP contribution in [-0.2, 0) is 11.2 Å². The Morgan fingerprint density at radius 2 is 1.83 bits per heavy atom. The Morgan fingerprint density at radius 3 is 2.61 bits per heavy atom. The summed E-state index contributed by atoms with van der Waals surface area (Å²) in [4.78, 5) is 23.5. The van der Waals surface area contributed by atoms with E-state index in [4.69, 9.17) is 0 Å². The highest BCUT2D eigenvalue weighted by atomic mass is 19.1. The van der Waals surface area contributed by atoms with Gasteiger partial charge in [-0.1, -0.05) is 6.07 Å². The van der Waals surface area contributed by atoms with Crippen LogP contribution in [0.1, 0.15) is 18.4 Å². The molecular weight excluding hydrogens is 297 g/mol. The van der Waals surface area contributed by atoms with Crippen LogP contribution in [0.25, 0.3) is 0 Å². The summed E-state index contributed by atoms with van der Waals surface area (Å²) in [5.41, 5.74) is 2.77. The first-order valence-electron chi connectivity index (χ1n) is 7.36. The average Bonchev–Trinajstić information content (AvgIpc) is 2.67. The quantitative estimate of drug-likeness (QED) is 0.790. The maximum Gasteiger partial charge on any atom is 0.323 e. The Morgan fingerprint density at radius 1 is 1.04 bits per heavy atom. The van der Waals surface area contributed by atoms with Gasteiger partial charge in [-0.3, -0.25) is 4.79 Å². The summed E-state index contributed by atoms with van der Waals surface area (Å²) in [7, 11) is 0. The van der Waals surface area contributed by atoms with E-state index in [1.165, 1.54) is 18.2 Å². The summed E-state index contributed by atoms with van der Waals surface area (Å²) in [5.74, 6) is -0.406. The van der Waals surface area contributed by atoms with E-state index in [1.807, 2.05) is 6.07 Å². The molecule has 0 radical (unpaired) electrons. The van der Waals surface area contributed by atoms with E-state index in [2.05, 4.69) is 16.0 Å². The van der Waals surface area contributed by atoms with Crippen LogP contribution in [0.5, 0.6) is 0 Å². The van der Waals surface area contributed by atoms with Crippen LogP contribution in [0.4, 0.5) is 26.2 Å². The third-order valence-corrected chi connectivity index (χ3v) is 3.57. The molecule has 0 unspecified atom stereocenters. The van der Waals surface area contributed by atoms with E-state index in [0.717, 1.165) is 24.1 Å². The molecule has 1 heterocycles. The van der Waals surface area contributed by atoms with E-state index in [9.17, 15) is 14.0 Å². The number of hydrogen-bond acceptors (Lipinski definition) is 2. The minimum atomic E-state index is -0.451. The predicted molar refractivity (Wildman–Crippen MR) is 87.1 cm³/mol. The summed E-state index contributed by atoms with van der Waals surface area (Å²) in [6.45, 7) is 0. The molecular formula is C17H16FN3O2. The number of fused-ring (bicyclic) bond motifs is 1. The molecule has 23 heavy (non-hydrogen) atoms. The molecule has 0 atom stereocenters. The lowest BCUT2D eigenvalue weighted by atomic mass is 10.1. The zero-order valence-corrected chi connectivity index (χ0v) is 12.4. The Hall–Kier alpha value is -2.89. The molecule has 6 heteroatoms. The first-order chi connectivity index (χ1) is 11.1. The van der Waals surface area contributed by atoms with Crippen LogP contribution in [0.2, 0.25) is 0 Å². The lowest BCUT2D eigenvalue weighted by molar-refractivity contribution is -0.116. The first-order valence-corrected chi connectivity index (χ1v) is 7.36. The highest BCUT2D eigenvalue weighted by Gasteiger charge is 2.13. The van der Waals surface area contributed by atoms with Crippen molar-refractivity contribution in [1.82, 2.24) is 0 Å². The summed E-state index contributed by atoms with van der Waals surface area (Å²) in [6, 6.07) is 10.6. The highest BCUT2D eigenvalue weighted by molar-refractivity contribution is 6.00. The fraction of sp³-hybridized carbons (Fsp3) is 0.176. The van der Waals surface area contributed by atoms with Crippen molar-refractivity contribution in [2.24, 2.45) is 0 Å². The minimum Gasteiger partial charge on any atom is -0.326 e. The Balaban J connectivity index is 1.69. The van der Waals surface area contributed by atoms with Crippen LogP contribution in [0.15, 0.2) is 42.5 Å². The van der Waals surface area contributed by atoms with Crippen molar-refractivity contribution in [2.75, 3.05) is 16.0 Å². The van der Waals surface area contributed by atoms with Gasteiger partial charge in [-0.05, 0) is 54.8 Å². The van der Waals surface area contributed by atoms with Gasteiger partial charge in [-0.15, -0.1) is 0 Å². The van der Waals surface area contributed by atoms with E-state index >= 15 is 0 Å². The van der Waals surface area contributed by atoms with Gasteiger partial charge in [0.25, 0.3) is 0 Å². The number of hydrogen-bond donors (Lipinski definition) is 3. The number of amides is 3. The molecule has 0 aromatic heterocycles. The maximum absolute atomic E-state index is 13.1. The molecule has 0 aliphatic carbocycles. The van der Waals surface area contributed by atoms with Crippen molar-refractivity contribution >= 4 is 29.0 Å². The van der Waals surface area contributed by atoms with Crippen LogP contribution in [0.3, 0.4) is 0 Å². The molecule has 5 nitrogen and oxygen atoms in total. The van der Waals surface area contributed by atoms with Crippen LogP contribution < -0.4 is 16.0 Å².